The summed E-state index contributed by atoms with van der Waals surface area (Å²) in [5, 5.41) is 4.65. The number of nitrogens with zero attached hydrogens (tertiary/aromatic N) is 2. The van der Waals surface area contributed by atoms with Crippen LogP contribution in [0.25, 0.3) is 6.08 Å². The Bertz CT molecular complexity index is 988. The molecule has 0 radical (unpaired) electrons. The third kappa shape index (κ3) is 8.31. The molecule has 10 heteroatoms. The van der Waals surface area contributed by atoms with Crippen molar-refractivity contribution in [2.24, 2.45) is 0 Å². The molecule has 0 aromatic heterocycles. The van der Waals surface area contributed by atoms with Crippen molar-refractivity contribution in [3.8, 4) is 0 Å². The van der Waals surface area contributed by atoms with Gasteiger partial charge in [0, 0.05) is 44.8 Å². The van der Waals surface area contributed by atoms with Gasteiger partial charge in [0.05, 0.1) is 4.91 Å². The van der Waals surface area contributed by atoms with E-state index in [1.165, 1.54) is 0 Å². The summed E-state index contributed by atoms with van der Waals surface area (Å²) in [6.07, 6.45) is 4.00. The van der Waals surface area contributed by atoms with Gasteiger partial charge in [0.15, 0.2) is 0 Å². The Balaban J connectivity index is 1.48. The highest BCUT2D eigenvalue weighted by molar-refractivity contribution is 8.18. The molecule has 1 aromatic carbocycles. The quantitative estimate of drug-likeness (QED) is 0.432. The van der Waals surface area contributed by atoms with Crippen LogP contribution in [0.3, 0.4) is 0 Å². The number of imide groups is 1. The van der Waals surface area contributed by atoms with Crippen molar-refractivity contribution >= 4 is 46.7 Å². The van der Waals surface area contributed by atoms with Crippen molar-refractivity contribution in [1.82, 2.24) is 15.5 Å². The molecular weight excluding hydrogens is 468 g/mol. The van der Waals surface area contributed by atoms with E-state index in [9.17, 15) is 19.2 Å². The predicted molar refractivity (Wildman–Crippen MR) is 137 cm³/mol. The molecule has 0 saturated carbocycles. The number of hydrogen-bond acceptors (Lipinski definition) is 7. The summed E-state index contributed by atoms with van der Waals surface area (Å²) in [5.74, 6) is -0.249. The van der Waals surface area contributed by atoms with Crippen LogP contribution in [-0.4, -0.2) is 66.4 Å². The molecule has 2 aliphatic rings. The molecule has 2 N–H and O–H groups in total. The summed E-state index contributed by atoms with van der Waals surface area (Å²) < 4.78 is 5.21. The van der Waals surface area contributed by atoms with Gasteiger partial charge in [-0.1, -0.05) is 18.2 Å². The molecule has 0 bridgehead atoms. The zero-order valence-corrected chi connectivity index (χ0v) is 21.4. The van der Waals surface area contributed by atoms with Gasteiger partial charge < -0.3 is 19.9 Å². The number of amides is 4. The molecule has 1 aromatic rings. The molecule has 35 heavy (non-hydrogen) atoms. The summed E-state index contributed by atoms with van der Waals surface area (Å²) in [5.41, 5.74) is 1.33. The van der Waals surface area contributed by atoms with Crippen LogP contribution >= 0.6 is 11.8 Å². The minimum Gasteiger partial charge on any atom is -0.444 e. The SMILES string of the molecule is CC(C)(C)OC(=O)NCCCCC(=O)N1CCCN(c2ccccc2C=C2SC(=O)NC2=O)CC1. The van der Waals surface area contributed by atoms with Gasteiger partial charge in [-0.15, -0.1) is 0 Å². The maximum atomic E-state index is 12.7. The minimum atomic E-state index is -0.527. The number of unbranched alkanes of at least 4 members (excludes halogenated alkanes) is 1. The first-order valence-corrected chi connectivity index (χ1v) is 12.8. The fourth-order valence-corrected chi connectivity index (χ4v) is 4.60. The number of carbonyl (C=O) groups is 4. The summed E-state index contributed by atoms with van der Waals surface area (Å²) in [7, 11) is 0. The number of para-hydroxylation sites is 1. The van der Waals surface area contributed by atoms with E-state index in [1.54, 1.807) is 6.08 Å². The number of ether oxygens (including phenoxy) is 1. The molecule has 0 atom stereocenters. The number of thioether (sulfide) groups is 1. The van der Waals surface area contributed by atoms with Crippen molar-refractivity contribution in [2.75, 3.05) is 37.6 Å². The molecule has 2 fully saturated rings. The lowest BCUT2D eigenvalue weighted by molar-refractivity contribution is -0.131. The summed E-state index contributed by atoms with van der Waals surface area (Å²) in [6, 6.07) is 7.78. The normalized spacial score (nSPS) is 17.9. The number of carbonyl (C=O) groups excluding carboxylic acids is 4. The second-order valence-corrected chi connectivity index (χ2v) is 10.5. The van der Waals surface area contributed by atoms with Gasteiger partial charge in [-0.3, -0.25) is 19.7 Å². The first kappa shape index (κ1) is 26.6. The van der Waals surface area contributed by atoms with Gasteiger partial charge in [0.2, 0.25) is 5.91 Å². The minimum absolute atomic E-state index is 0.122. The summed E-state index contributed by atoms with van der Waals surface area (Å²) >= 11 is 0.907. The van der Waals surface area contributed by atoms with Crippen LogP contribution in [0.1, 0.15) is 52.0 Å². The van der Waals surface area contributed by atoms with Crippen molar-refractivity contribution in [3.05, 3.63) is 34.7 Å². The number of benzene rings is 1. The highest BCUT2D eigenvalue weighted by atomic mass is 32.2. The van der Waals surface area contributed by atoms with Crippen molar-refractivity contribution in [3.63, 3.8) is 0 Å². The van der Waals surface area contributed by atoms with Gasteiger partial charge >= 0.3 is 6.09 Å². The van der Waals surface area contributed by atoms with Crippen LogP contribution < -0.4 is 15.5 Å². The largest absolute Gasteiger partial charge is 0.444 e. The van der Waals surface area contributed by atoms with Gasteiger partial charge in [-0.05, 0) is 69.5 Å². The fourth-order valence-electron chi connectivity index (χ4n) is 3.93. The third-order valence-electron chi connectivity index (χ3n) is 5.54. The highest BCUT2D eigenvalue weighted by Crippen LogP contribution is 2.30. The number of rotatable bonds is 7. The van der Waals surface area contributed by atoms with E-state index in [4.69, 9.17) is 4.74 Å². The fraction of sp³-hybridized carbons (Fsp3) is 0.520. The molecule has 2 saturated heterocycles. The lowest BCUT2D eigenvalue weighted by Crippen LogP contribution is -2.35. The van der Waals surface area contributed by atoms with Gasteiger partial charge in [0.1, 0.15) is 5.60 Å². The van der Waals surface area contributed by atoms with Crippen LogP contribution in [0.15, 0.2) is 29.2 Å². The molecule has 9 nitrogen and oxygen atoms in total. The predicted octanol–water partition coefficient (Wildman–Crippen LogP) is 3.74. The van der Waals surface area contributed by atoms with Crippen LogP contribution in [0.5, 0.6) is 0 Å². The van der Waals surface area contributed by atoms with Crippen molar-refractivity contribution < 1.29 is 23.9 Å². The standard InChI is InChI=1S/C25H34N4O5S/c1-25(2,3)34-23(32)26-12-7-6-11-21(30)29-14-8-13-28(15-16-29)19-10-5-4-9-18(19)17-20-22(31)27-24(33)35-20/h4-5,9-10,17H,6-8,11-16H2,1-3H3,(H,26,32)(H,27,31,33). The number of alkyl carbamates (subject to hydrolysis) is 1. The molecule has 0 aliphatic carbocycles. The molecule has 2 aliphatic heterocycles. The Hall–Kier alpha value is -3.01. The van der Waals surface area contributed by atoms with E-state index in [0.29, 0.717) is 50.3 Å². The van der Waals surface area contributed by atoms with E-state index < -0.39 is 11.7 Å². The molecule has 4 amide bonds. The number of hydrogen-bond donors (Lipinski definition) is 2. The van der Waals surface area contributed by atoms with Gasteiger partial charge in [0.25, 0.3) is 11.1 Å². The Morgan fingerprint density at radius 2 is 1.89 bits per heavy atom. The van der Waals surface area contributed by atoms with Crippen LogP contribution in [0, 0.1) is 0 Å². The van der Waals surface area contributed by atoms with Crippen molar-refractivity contribution in [1.29, 1.82) is 0 Å². The maximum absolute atomic E-state index is 12.7. The average Bonchev–Trinajstić information content (AvgIpc) is 2.96. The first-order chi connectivity index (χ1) is 16.6. The monoisotopic (exact) mass is 502 g/mol. The summed E-state index contributed by atoms with van der Waals surface area (Å²) in [4.78, 5) is 52.4. The van der Waals surface area contributed by atoms with Crippen molar-refractivity contribution in [2.45, 2.75) is 52.1 Å². The topological polar surface area (TPSA) is 108 Å². The van der Waals surface area contributed by atoms with E-state index in [0.717, 1.165) is 36.0 Å². The zero-order valence-electron chi connectivity index (χ0n) is 20.6. The molecule has 0 unspecified atom stereocenters. The summed E-state index contributed by atoms with van der Waals surface area (Å²) in [6.45, 7) is 8.72. The van der Waals surface area contributed by atoms with Crippen LogP contribution in [-0.2, 0) is 14.3 Å². The zero-order chi connectivity index (χ0) is 25.4. The van der Waals surface area contributed by atoms with E-state index in [2.05, 4.69) is 15.5 Å². The number of anilines is 1. The Morgan fingerprint density at radius 1 is 1.11 bits per heavy atom. The molecule has 3 rings (SSSR count). The second-order valence-electron chi connectivity index (χ2n) is 9.52. The molecule has 190 valence electrons. The van der Waals surface area contributed by atoms with Gasteiger partial charge in [-0.2, -0.15) is 0 Å². The van der Waals surface area contributed by atoms with E-state index in [-0.39, 0.29) is 17.1 Å². The van der Waals surface area contributed by atoms with Gasteiger partial charge in [-0.25, -0.2) is 4.79 Å². The Morgan fingerprint density at radius 3 is 2.60 bits per heavy atom. The van der Waals surface area contributed by atoms with E-state index >= 15 is 0 Å². The second kappa shape index (κ2) is 12.1. The smallest absolute Gasteiger partial charge is 0.407 e. The first-order valence-electron chi connectivity index (χ1n) is 12.0. The average molecular weight is 503 g/mol. The van der Waals surface area contributed by atoms with Crippen LogP contribution in [0.4, 0.5) is 15.3 Å². The van der Waals surface area contributed by atoms with E-state index in [1.807, 2.05) is 49.9 Å². The maximum Gasteiger partial charge on any atom is 0.407 e. The lowest BCUT2D eigenvalue weighted by Gasteiger charge is -2.25. The molecule has 2 heterocycles. The lowest BCUT2D eigenvalue weighted by atomic mass is 10.1. The number of nitrogens with one attached hydrogen (secondary N) is 2. The molecular formula is C25H34N4O5S. The van der Waals surface area contributed by atoms with Crippen LogP contribution in [0.2, 0.25) is 0 Å². The Labute approximate surface area is 210 Å². The third-order valence-corrected chi connectivity index (χ3v) is 6.35. The highest BCUT2D eigenvalue weighted by Gasteiger charge is 2.26. The Kier molecular flexibility index (Phi) is 9.20. The molecule has 0 spiro atoms.